The first-order chi connectivity index (χ1) is 9.69. The fourth-order valence-electron chi connectivity index (χ4n) is 2.43. The summed E-state index contributed by atoms with van der Waals surface area (Å²) < 4.78 is 77.8. The van der Waals surface area contributed by atoms with Gasteiger partial charge in [-0.15, -0.1) is 24.8 Å². The molecule has 1 heterocycles. The zero-order valence-corrected chi connectivity index (χ0v) is 13.4. The molecule has 2 nitrogen and oxygen atoms in total. The molecule has 1 saturated heterocycles. The molecular formula is C13H16Cl2F6N2. The van der Waals surface area contributed by atoms with Gasteiger partial charge in [0.2, 0.25) is 0 Å². The lowest BCUT2D eigenvalue weighted by molar-refractivity contribution is -0.188. The van der Waals surface area contributed by atoms with Gasteiger partial charge in [0.05, 0.1) is 5.56 Å². The Labute approximate surface area is 142 Å². The minimum Gasteiger partial charge on any atom is -0.314 e. The molecule has 23 heavy (non-hydrogen) atoms. The van der Waals surface area contributed by atoms with Crippen LogP contribution in [0.4, 0.5) is 26.3 Å². The molecule has 0 spiro atoms. The third-order valence-corrected chi connectivity index (χ3v) is 3.36. The number of hydrogen-bond donors (Lipinski definition) is 1. The van der Waals surface area contributed by atoms with E-state index in [1.54, 1.807) is 0 Å². The average molecular weight is 385 g/mol. The lowest BCUT2D eigenvalue weighted by Crippen LogP contribution is -2.49. The van der Waals surface area contributed by atoms with Gasteiger partial charge < -0.3 is 5.32 Å². The summed E-state index contributed by atoms with van der Waals surface area (Å²) in [7, 11) is 0. The van der Waals surface area contributed by atoms with Crippen LogP contribution in [0.25, 0.3) is 0 Å². The summed E-state index contributed by atoms with van der Waals surface area (Å²) >= 11 is 0. The van der Waals surface area contributed by atoms with Crippen LogP contribution in [-0.2, 0) is 6.18 Å². The van der Waals surface area contributed by atoms with Gasteiger partial charge in [0, 0.05) is 26.2 Å². The molecule has 0 saturated carbocycles. The zero-order valence-electron chi connectivity index (χ0n) is 11.7. The van der Waals surface area contributed by atoms with Crippen LogP contribution in [0.5, 0.6) is 0 Å². The highest BCUT2D eigenvalue weighted by Crippen LogP contribution is 2.39. The molecule has 0 aliphatic carbocycles. The van der Waals surface area contributed by atoms with Gasteiger partial charge in [-0.1, -0.05) is 12.1 Å². The molecule has 1 aromatic rings. The minimum atomic E-state index is -4.66. The van der Waals surface area contributed by atoms with Gasteiger partial charge in [0.25, 0.3) is 0 Å². The van der Waals surface area contributed by atoms with E-state index in [9.17, 15) is 26.3 Å². The van der Waals surface area contributed by atoms with E-state index in [0.29, 0.717) is 19.2 Å². The van der Waals surface area contributed by atoms with Crippen molar-refractivity contribution in [2.75, 3.05) is 26.2 Å². The maximum atomic E-state index is 13.3. The molecule has 1 N–H and O–H groups in total. The van der Waals surface area contributed by atoms with Crippen molar-refractivity contribution in [1.29, 1.82) is 0 Å². The summed E-state index contributed by atoms with van der Waals surface area (Å²) in [5.74, 6) is 0. The van der Waals surface area contributed by atoms with Crippen molar-refractivity contribution < 1.29 is 26.3 Å². The normalized spacial score (nSPS) is 17.8. The Kier molecular flexibility index (Phi) is 8.16. The number of hydrogen-bond acceptors (Lipinski definition) is 2. The second-order valence-corrected chi connectivity index (χ2v) is 4.85. The van der Waals surface area contributed by atoms with Gasteiger partial charge in [-0.05, 0) is 17.7 Å². The summed E-state index contributed by atoms with van der Waals surface area (Å²) in [5, 5.41) is 2.92. The molecule has 0 radical (unpaired) electrons. The Morgan fingerprint density at radius 3 is 2.00 bits per heavy atom. The van der Waals surface area contributed by atoms with E-state index < -0.39 is 24.0 Å². The quantitative estimate of drug-likeness (QED) is 0.773. The van der Waals surface area contributed by atoms with Crippen LogP contribution in [0.15, 0.2) is 24.3 Å². The van der Waals surface area contributed by atoms with E-state index >= 15 is 0 Å². The van der Waals surface area contributed by atoms with Gasteiger partial charge >= 0.3 is 12.4 Å². The van der Waals surface area contributed by atoms with Gasteiger partial charge in [-0.25, -0.2) is 0 Å². The highest BCUT2D eigenvalue weighted by atomic mass is 35.5. The molecule has 134 valence electrons. The summed E-state index contributed by atoms with van der Waals surface area (Å²) in [4.78, 5) is 1.16. The highest BCUT2D eigenvalue weighted by molar-refractivity contribution is 5.85. The molecule has 0 amide bonds. The van der Waals surface area contributed by atoms with Crippen molar-refractivity contribution in [1.82, 2.24) is 10.2 Å². The van der Waals surface area contributed by atoms with Crippen LogP contribution in [0, 0.1) is 0 Å². The molecule has 0 aromatic heterocycles. The number of alkyl halides is 6. The molecule has 2 rings (SSSR count). The van der Waals surface area contributed by atoms with Crippen LogP contribution >= 0.6 is 24.8 Å². The average Bonchev–Trinajstić information content (AvgIpc) is 2.38. The number of piperazine rings is 1. The second-order valence-electron chi connectivity index (χ2n) is 4.85. The smallest absolute Gasteiger partial charge is 0.314 e. The van der Waals surface area contributed by atoms with Gasteiger partial charge in [0.15, 0.2) is 0 Å². The first-order valence-corrected chi connectivity index (χ1v) is 6.38. The fraction of sp³-hybridized carbons (Fsp3) is 0.538. The lowest BCUT2D eigenvalue weighted by Gasteiger charge is -2.36. The largest absolute Gasteiger partial charge is 0.416 e. The monoisotopic (exact) mass is 384 g/mol. The van der Waals surface area contributed by atoms with E-state index in [1.165, 1.54) is 0 Å². The maximum Gasteiger partial charge on any atom is 0.416 e. The first-order valence-electron chi connectivity index (χ1n) is 6.38. The standard InChI is InChI=1S/C13H14F6N2.2ClH/c14-12(15,16)10-3-1-2-9(8-10)11(13(17,18)19)21-6-4-20-5-7-21;;/h1-3,8,11,20H,4-7H2;2*1H/t11-;;/m0../s1. The van der Waals surface area contributed by atoms with Crippen LogP contribution < -0.4 is 5.32 Å². The van der Waals surface area contributed by atoms with Gasteiger partial charge in [-0.3, -0.25) is 4.90 Å². The number of rotatable bonds is 2. The van der Waals surface area contributed by atoms with Crippen molar-refractivity contribution in [3.05, 3.63) is 35.4 Å². The second kappa shape index (κ2) is 8.41. The molecule has 1 aromatic carbocycles. The van der Waals surface area contributed by atoms with Gasteiger partial charge in [0.1, 0.15) is 6.04 Å². The summed E-state index contributed by atoms with van der Waals surface area (Å²) in [5.41, 5.74) is -1.44. The topological polar surface area (TPSA) is 15.3 Å². The van der Waals surface area contributed by atoms with Crippen molar-refractivity contribution in [2.45, 2.75) is 18.4 Å². The van der Waals surface area contributed by atoms with E-state index in [4.69, 9.17) is 0 Å². The Morgan fingerprint density at radius 2 is 1.52 bits per heavy atom. The Balaban J connectivity index is 0.00000242. The van der Waals surface area contributed by atoms with Crippen LogP contribution in [-0.4, -0.2) is 37.3 Å². The molecule has 1 aliphatic rings. The third-order valence-electron chi connectivity index (χ3n) is 3.36. The van der Waals surface area contributed by atoms with E-state index in [1.807, 2.05) is 0 Å². The molecule has 10 heteroatoms. The Morgan fingerprint density at radius 1 is 0.957 bits per heavy atom. The van der Waals surface area contributed by atoms with Gasteiger partial charge in [-0.2, -0.15) is 26.3 Å². The SMILES string of the molecule is Cl.Cl.FC(F)(F)c1cccc([C@H](N2CCNCC2)C(F)(F)F)c1. The number of nitrogens with one attached hydrogen (secondary N) is 1. The Bertz CT molecular complexity index is 486. The summed E-state index contributed by atoms with van der Waals surface area (Å²) in [6.45, 7) is 1.04. The molecule has 1 fully saturated rings. The van der Waals surface area contributed by atoms with Crippen molar-refractivity contribution >= 4 is 24.8 Å². The van der Waals surface area contributed by atoms with E-state index in [0.717, 1.165) is 23.1 Å². The van der Waals surface area contributed by atoms with Crippen molar-refractivity contribution in [3.63, 3.8) is 0 Å². The molecular weight excluding hydrogens is 369 g/mol. The molecule has 1 atom stereocenters. The van der Waals surface area contributed by atoms with Crippen LogP contribution in [0.1, 0.15) is 17.2 Å². The van der Waals surface area contributed by atoms with Crippen LogP contribution in [0.2, 0.25) is 0 Å². The predicted octanol–water partition coefficient (Wildman–Crippen LogP) is 4.06. The zero-order chi connectivity index (χ0) is 15.7. The minimum absolute atomic E-state index is 0. The Hall–Kier alpha value is -0.700. The maximum absolute atomic E-state index is 13.3. The highest BCUT2D eigenvalue weighted by Gasteiger charge is 2.45. The number of benzene rings is 1. The molecule has 0 bridgehead atoms. The molecule has 0 unspecified atom stereocenters. The predicted molar refractivity (Wildman–Crippen MR) is 79.2 cm³/mol. The molecule has 1 aliphatic heterocycles. The first kappa shape index (κ1) is 22.3. The van der Waals surface area contributed by atoms with Crippen molar-refractivity contribution in [3.8, 4) is 0 Å². The number of nitrogens with zero attached hydrogens (tertiary/aromatic N) is 1. The number of halogens is 8. The third kappa shape index (κ3) is 5.70. The van der Waals surface area contributed by atoms with Crippen molar-refractivity contribution in [2.24, 2.45) is 0 Å². The van der Waals surface area contributed by atoms with Crippen LogP contribution in [0.3, 0.4) is 0 Å². The fourth-order valence-corrected chi connectivity index (χ4v) is 2.43. The van der Waals surface area contributed by atoms with E-state index in [-0.39, 0.29) is 43.5 Å². The summed E-state index contributed by atoms with van der Waals surface area (Å²) in [6, 6.07) is 1.45. The van der Waals surface area contributed by atoms with E-state index in [2.05, 4.69) is 5.32 Å². The lowest BCUT2D eigenvalue weighted by atomic mass is 10.0. The summed E-state index contributed by atoms with van der Waals surface area (Å²) in [6.07, 6.45) is -9.28.